The average molecular weight is 139 g/mol. The second kappa shape index (κ2) is 1.58. The van der Waals surface area contributed by atoms with Crippen LogP contribution in [0.4, 0.5) is 0 Å². The molecule has 0 unspecified atom stereocenters. The Bertz CT molecular complexity index is 140. The summed E-state index contributed by atoms with van der Waals surface area (Å²) >= 11 is 0. The standard InChI is InChI=1S/C9H17N/c1-7(2)3-8-4-9(10,5-8)6-8/h7H,3-6,10H2,1-2H3. The van der Waals surface area contributed by atoms with Gasteiger partial charge in [-0.1, -0.05) is 13.8 Å². The van der Waals surface area contributed by atoms with Gasteiger partial charge in [0.2, 0.25) is 0 Å². The fourth-order valence-corrected chi connectivity index (χ4v) is 3.17. The highest BCUT2D eigenvalue weighted by Gasteiger charge is 2.65. The van der Waals surface area contributed by atoms with Gasteiger partial charge in [-0.3, -0.25) is 0 Å². The van der Waals surface area contributed by atoms with Crippen molar-refractivity contribution in [3.8, 4) is 0 Å². The Balaban J connectivity index is 1.87. The van der Waals surface area contributed by atoms with Crippen LogP contribution in [0.15, 0.2) is 0 Å². The molecule has 0 aromatic heterocycles. The van der Waals surface area contributed by atoms with Gasteiger partial charge in [-0.2, -0.15) is 0 Å². The van der Waals surface area contributed by atoms with E-state index in [1.54, 1.807) is 0 Å². The monoisotopic (exact) mass is 139 g/mol. The summed E-state index contributed by atoms with van der Waals surface area (Å²) in [5.41, 5.74) is 6.99. The summed E-state index contributed by atoms with van der Waals surface area (Å²) in [6.45, 7) is 4.62. The molecule has 3 saturated carbocycles. The quantitative estimate of drug-likeness (QED) is 0.621. The minimum absolute atomic E-state index is 0.314. The van der Waals surface area contributed by atoms with Gasteiger partial charge in [-0.25, -0.2) is 0 Å². The second-order valence-electron chi connectivity index (χ2n) is 4.99. The van der Waals surface area contributed by atoms with E-state index in [9.17, 15) is 0 Å². The van der Waals surface area contributed by atoms with Crippen LogP contribution in [-0.2, 0) is 0 Å². The summed E-state index contributed by atoms with van der Waals surface area (Å²) in [5, 5.41) is 0. The molecule has 10 heavy (non-hydrogen) atoms. The van der Waals surface area contributed by atoms with E-state index in [2.05, 4.69) is 13.8 Å². The molecule has 0 aromatic rings. The summed E-state index contributed by atoms with van der Waals surface area (Å²) in [4.78, 5) is 0. The van der Waals surface area contributed by atoms with E-state index in [-0.39, 0.29) is 0 Å². The number of nitrogens with two attached hydrogens (primary N) is 1. The van der Waals surface area contributed by atoms with Crippen LogP contribution in [0.5, 0.6) is 0 Å². The lowest BCUT2D eigenvalue weighted by Crippen LogP contribution is -2.72. The van der Waals surface area contributed by atoms with Gasteiger partial charge in [-0.05, 0) is 37.0 Å². The van der Waals surface area contributed by atoms with Gasteiger partial charge in [0.15, 0.2) is 0 Å². The van der Waals surface area contributed by atoms with E-state index in [0.29, 0.717) is 5.54 Å². The molecule has 0 spiro atoms. The lowest BCUT2D eigenvalue weighted by molar-refractivity contribution is -0.143. The van der Waals surface area contributed by atoms with Crippen molar-refractivity contribution in [3.63, 3.8) is 0 Å². The Morgan fingerprint density at radius 2 is 1.80 bits per heavy atom. The maximum Gasteiger partial charge on any atom is 0.0170 e. The van der Waals surface area contributed by atoms with Gasteiger partial charge >= 0.3 is 0 Å². The normalized spacial score (nSPS) is 50.4. The Morgan fingerprint density at radius 1 is 1.30 bits per heavy atom. The van der Waals surface area contributed by atoms with Crippen LogP contribution in [-0.4, -0.2) is 5.54 Å². The molecule has 1 nitrogen and oxygen atoms in total. The Hall–Kier alpha value is -0.0400. The first-order chi connectivity index (χ1) is 4.54. The predicted molar refractivity (Wildman–Crippen MR) is 42.7 cm³/mol. The van der Waals surface area contributed by atoms with Crippen molar-refractivity contribution in [2.75, 3.05) is 0 Å². The van der Waals surface area contributed by atoms with Crippen molar-refractivity contribution in [1.29, 1.82) is 0 Å². The molecule has 0 aliphatic heterocycles. The van der Waals surface area contributed by atoms with Crippen molar-refractivity contribution in [2.24, 2.45) is 17.1 Å². The van der Waals surface area contributed by atoms with Gasteiger partial charge in [-0.15, -0.1) is 0 Å². The van der Waals surface area contributed by atoms with Crippen LogP contribution >= 0.6 is 0 Å². The van der Waals surface area contributed by atoms with Gasteiger partial charge in [0.1, 0.15) is 0 Å². The lowest BCUT2D eigenvalue weighted by Gasteiger charge is -2.70. The van der Waals surface area contributed by atoms with E-state index in [4.69, 9.17) is 5.73 Å². The third kappa shape index (κ3) is 0.731. The Labute approximate surface area is 63.0 Å². The van der Waals surface area contributed by atoms with E-state index in [0.717, 1.165) is 11.3 Å². The summed E-state index contributed by atoms with van der Waals surface area (Å²) in [6, 6.07) is 0. The molecule has 3 aliphatic rings. The maximum atomic E-state index is 5.95. The number of rotatable bonds is 2. The summed E-state index contributed by atoms with van der Waals surface area (Å²) in [5.74, 6) is 0.866. The molecule has 0 atom stereocenters. The molecule has 0 amide bonds. The highest BCUT2D eigenvalue weighted by Crippen LogP contribution is 2.68. The zero-order valence-electron chi connectivity index (χ0n) is 6.98. The molecule has 58 valence electrons. The fraction of sp³-hybridized carbons (Fsp3) is 1.00. The van der Waals surface area contributed by atoms with Crippen LogP contribution in [0, 0.1) is 11.3 Å². The smallest absolute Gasteiger partial charge is 0.0170 e. The van der Waals surface area contributed by atoms with Crippen LogP contribution in [0.3, 0.4) is 0 Å². The van der Waals surface area contributed by atoms with Crippen molar-refractivity contribution in [2.45, 2.75) is 45.1 Å². The van der Waals surface area contributed by atoms with Crippen molar-refractivity contribution in [3.05, 3.63) is 0 Å². The van der Waals surface area contributed by atoms with Gasteiger partial charge in [0.05, 0.1) is 0 Å². The molecule has 0 heterocycles. The Morgan fingerprint density at radius 3 is 2.10 bits per heavy atom. The van der Waals surface area contributed by atoms with Crippen LogP contribution in [0.2, 0.25) is 0 Å². The van der Waals surface area contributed by atoms with E-state index >= 15 is 0 Å². The minimum Gasteiger partial charge on any atom is -0.325 e. The van der Waals surface area contributed by atoms with E-state index in [1.807, 2.05) is 0 Å². The Kier molecular flexibility index (Phi) is 1.05. The molecule has 0 saturated heterocycles. The molecule has 1 heteroatoms. The molecular formula is C9H17N. The van der Waals surface area contributed by atoms with E-state index in [1.165, 1.54) is 25.7 Å². The fourth-order valence-electron chi connectivity index (χ4n) is 3.17. The molecule has 3 rings (SSSR count). The van der Waals surface area contributed by atoms with Crippen molar-refractivity contribution < 1.29 is 0 Å². The first-order valence-electron chi connectivity index (χ1n) is 4.33. The summed E-state index contributed by atoms with van der Waals surface area (Å²) in [7, 11) is 0. The third-order valence-corrected chi connectivity index (χ3v) is 3.02. The molecule has 0 radical (unpaired) electrons. The minimum atomic E-state index is 0.314. The zero-order valence-corrected chi connectivity index (χ0v) is 6.98. The van der Waals surface area contributed by atoms with Crippen LogP contribution < -0.4 is 5.73 Å². The van der Waals surface area contributed by atoms with Crippen LogP contribution in [0.1, 0.15) is 39.5 Å². The lowest BCUT2D eigenvalue weighted by atomic mass is 9.38. The van der Waals surface area contributed by atoms with Gasteiger partial charge < -0.3 is 5.73 Å². The van der Waals surface area contributed by atoms with Gasteiger partial charge in [0.25, 0.3) is 0 Å². The third-order valence-electron chi connectivity index (χ3n) is 3.02. The maximum absolute atomic E-state index is 5.95. The second-order valence-corrected chi connectivity index (χ2v) is 4.99. The SMILES string of the molecule is CC(C)CC12CC(N)(C1)C2. The zero-order chi connectivity index (χ0) is 7.41. The molecule has 2 N–H and O–H groups in total. The van der Waals surface area contributed by atoms with Crippen molar-refractivity contribution >= 4 is 0 Å². The average Bonchev–Trinajstić information content (AvgIpc) is 1.56. The molecule has 3 aliphatic carbocycles. The molecule has 0 aromatic carbocycles. The molecule has 2 bridgehead atoms. The highest BCUT2D eigenvalue weighted by atomic mass is 14.9. The van der Waals surface area contributed by atoms with Gasteiger partial charge in [0, 0.05) is 5.54 Å². The summed E-state index contributed by atoms with van der Waals surface area (Å²) in [6.07, 6.45) is 5.36. The predicted octanol–water partition coefficient (Wildman–Crippen LogP) is 1.91. The first-order valence-corrected chi connectivity index (χ1v) is 4.33. The van der Waals surface area contributed by atoms with E-state index < -0.39 is 0 Å². The number of hydrogen-bond donors (Lipinski definition) is 1. The highest BCUT2D eigenvalue weighted by molar-refractivity contribution is 5.21. The molecule has 3 fully saturated rings. The number of hydrogen-bond acceptors (Lipinski definition) is 1. The topological polar surface area (TPSA) is 26.0 Å². The molecular weight excluding hydrogens is 122 g/mol. The van der Waals surface area contributed by atoms with Crippen molar-refractivity contribution in [1.82, 2.24) is 0 Å². The first kappa shape index (κ1) is 6.66. The van der Waals surface area contributed by atoms with Crippen LogP contribution in [0.25, 0.3) is 0 Å². The summed E-state index contributed by atoms with van der Waals surface area (Å²) < 4.78 is 0. The largest absolute Gasteiger partial charge is 0.325 e.